The number of halogens is 1. The molecule has 8 heteroatoms. The van der Waals surface area contributed by atoms with Crippen LogP contribution in [0.5, 0.6) is 0 Å². The van der Waals surface area contributed by atoms with Gasteiger partial charge >= 0.3 is 5.97 Å². The highest BCUT2D eigenvalue weighted by Gasteiger charge is 2.27. The Bertz CT molecular complexity index is 491. The second-order valence-corrected chi connectivity index (χ2v) is 5.63. The van der Waals surface area contributed by atoms with Crippen LogP contribution in [-0.4, -0.2) is 29.3 Å². The number of aromatic nitrogens is 2. The van der Waals surface area contributed by atoms with Crippen LogP contribution < -0.4 is 0 Å². The van der Waals surface area contributed by atoms with Crippen LogP contribution in [0, 0.1) is 0 Å². The van der Waals surface area contributed by atoms with Crippen LogP contribution in [0.3, 0.4) is 0 Å². The summed E-state index contributed by atoms with van der Waals surface area (Å²) in [6, 6.07) is -0.290. The van der Waals surface area contributed by atoms with Gasteiger partial charge in [0.2, 0.25) is 0 Å². The van der Waals surface area contributed by atoms with Gasteiger partial charge in [-0.15, -0.1) is 0 Å². The molecule has 0 atom stereocenters. The summed E-state index contributed by atoms with van der Waals surface area (Å²) in [5, 5.41) is 11.9. The number of hydrogen-bond donors (Lipinski definition) is 1. The number of carboxylic acids is 1. The van der Waals surface area contributed by atoms with Crippen LogP contribution in [0.4, 0.5) is 0 Å². The van der Waals surface area contributed by atoms with Gasteiger partial charge in [0.25, 0.3) is 9.05 Å². The van der Waals surface area contributed by atoms with Gasteiger partial charge in [0.1, 0.15) is 5.56 Å². The standard InChI is InChI=1S/C7H9ClN2O4S/c1-4(2)10-6(15(8,13)14)5(3-9-10)7(11)12/h3-4H,1-2H3,(H,11,12). The van der Waals surface area contributed by atoms with Crippen molar-refractivity contribution >= 4 is 25.7 Å². The molecule has 0 amide bonds. The fraction of sp³-hybridized carbons (Fsp3) is 0.429. The highest BCUT2D eigenvalue weighted by atomic mass is 35.7. The minimum Gasteiger partial charge on any atom is -0.478 e. The zero-order valence-corrected chi connectivity index (χ0v) is 9.58. The summed E-state index contributed by atoms with van der Waals surface area (Å²) in [5.74, 6) is -1.37. The van der Waals surface area contributed by atoms with Gasteiger partial charge in [0.15, 0.2) is 5.03 Å². The maximum Gasteiger partial charge on any atom is 0.340 e. The number of nitrogens with zero attached hydrogens (tertiary/aromatic N) is 2. The van der Waals surface area contributed by atoms with Gasteiger partial charge in [-0.3, -0.25) is 0 Å². The predicted octanol–water partition coefficient (Wildman–Crippen LogP) is 1.09. The van der Waals surface area contributed by atoms with E-state index in [4.69, 9.17) is 15.8 Å². The van der Waals surface area contributed by atoms with Crippen molar-refractivity contribution < 1.29 is 18.3 Å². The highest BCUT2D eigenvalue weighted by Crippen LogP contribution is 2.22. The number of carboxylic acid groups (broad SMARTS) is 1. The van der Waals surface area contributed by atoms with Gasteiger partial charge in [-0.25, -0.2) is 17.9 Å². The molecule has 6 nitrogen and oxygen atoms in total. The van der Waals surface area contributed by atoms with Gasteiger partial charge in [-0.1, -0.05) is 0 Å². The molecular formula is C7H9ClN2O4S. The van der Waals surface area contributed by atoms with Gasteiger partial charge in [0.05, 0.1) is 6.20 Å². The largest absolute Gasteiger partial charge is 0.478 e. The lowest BCUT2D eigenvalue weighted by Crippen LogP contribution is -2.12. The molecule has 0 saturated heterocycles. The molecule has 0 aromatic carbocycles. The molecule has 1 aromatic heterocycles. The van der Waals surface area contributed by atoms with Crippen LogP contribution in [0.25, 0.3) is 0 Å². The third kappa shape index (κ3) is 2.29. The van der Waals surface area contributed by atoms with Gasteiger partial charge in [0, 0.05) is 16.7 Å². The molecule has 0 radical (unpaired) electrons. The average Bonchev–Trinajstić information content (AvgIpc) is 2.45. The lowest BCUT2D eigenvalue weighted by Gasteiger charge is -2.08. The Kier molecular flexibility index (Phi) is 3.05. The molecular weight excluding hydrogens is 244 g/mol. The van der Waals surface area contributed by atoms with Gasteiger partial charge < -0.3 is 5.11 Å². The van der Waals surface area contributed by atoms with Crippen LogP contribution in [0.2, 0.25) is 0 Å². The third-order valence-electron chi connectivity index (χ3n) is 1.70. The van der Waals surface area contributed by atoms with E-state index in [1.807, 2.05) is 0 Å². The Balaban J connectivity index is 3.55. The smallest absolute Gasteiger partial charge is 0.340 e. The van der Waals surface area contributed by atoms with Crippen molar-refractivity contribution in [1.29, 1.82) is 0 Å². The first kappa shape index (κ1) is 12.0. The first-order valence-corrected chi connectivity index (χ1v) is 6.31. The third-order valence-corrected chi connectivity index (χ3v) is 3.01. The van der Waals surface area contributed by atoms with E-state index in [0.717, 1.165) is 10.9 Å². The Hall–Kier alpha value is -1.08. The van der Waals surface area contributed by atoms with E-state index in [-0.39, 0.29) is 6.04 Å². The highest BCUT2D eigenvalue weighted by molar-refractivity contribution is 8.13. The second kappa shape index (κ2) is 3.82. The van der Waals surface area contributed by atoms with Crippen molar-refractivity contribution in [1.82, 2.24) is 9.78 Å². The molecule has 0 saturated carbocycles. The van der Waals surface area contributed by atoms with Crippen molar-refractivity contribution in [2.24, 2.45) is 0 Å². The molecule has 84 valence electrons. The van der Waals surface area contributed by atoms with Crippen molar-refractivity contribution in [2.75, 3.05) is 0 Å². The fourth-order valence-electron chi connectivity index (χ4n) is 1.11. The summed E-state index contributed by atoms with van der Waals surface area (Å²) in [5.41, 5.74) is -0.418. The normalized spacial score (nSPS) is 12.0. The number of aromatic carboxylic acids is 1. The monoisotopic (exact) mass is 252 g/mol. The Morgan fingerprint density at radius 3 is 2.47 bits per heavy atom. The van der Waals surface area contributed by atoms with E-state index < -0.39 is 25.6 Å². The molecule has 0 spiro atoms. The quantitative estimate of drug-likeness (QED) is 0.814. The Morgan fingerprint density at radius 1 is 1.60 bits per heavy atom. The molecule has 0 fully saturated rings. The van der Waals surface area contributed by atoms with Crippen LogP contribution in [-0.2, 0) is 9.05 Å². The molecule has 0 unspecified atom stereocenters. The van der Waals surface area contributed by atoms with Gasteiger partial charge in [-0.05, 0) is 13.8 Å². The molecule has 1 heterocycles. The minimum absolute atomic E-state index is 0.290. The lowest BCUT2D eigenvalue weighted by molar-refractivity contribution is 0.0692. The number of carbonyl (C=O) groups is 1. The van der Waals surface area contributed by atoms with E-state index in [1.54, 1.807) is 13.8 Å². The predicted molar refractivity (Wildman–Crippen MR) is 52.6 cm³/mol. The first-order chi connectivity index (χ1) is 6.75. The molecule has 0 aliphatic rings. The van der Waals surface area contributed by atoms with E-state index in [9.17, 15) is 13.2 Å². The summed E-state index contributed by atoms with van der Waals surface area (Å²) in [7, 11) is 1.03. The Labute approximate surface area is 90.9 Å². The fourth-order valence-corrected chi connectivity index (χ4v) is 2.45. The molecule has 1 rings (SSSR count). The van der Waals surface area contributed by atoms with Crippen molar-refractivity contribution in [3.8, 4) is 0 Å². The van der Waals surface area contributed by atoms with Crippen molar-refractivity contribution in [2.45, 2.75) is 24.9 Å². The summed E-state index contributed by atoms with van der Waals surface area (Å²) in [6.45, 7) is 3.34. The number of rotatable bonds is 3. The summed E-state index contributed by atoms with van der Waals surface area (Å²) < 4.78 is 23.4. The summed E-state index contributed by atoms with van der Waals surface area (Å²) >= 11 is 0. The molecule has 1 N–H and O–H groups in total. The van der Waals surface area contributed by atoms with E-state index in [2.05, 4.69) is 5.10 Å². The molecule has 1 aromatic rings. The number of hydrogen-bond acceptors (Lipinski definition) is 4. The van der Waals surface area contributed by atoms with Crippen molar-refractivity contribution in [3.05, 3.63) is 11.8 Å². The molecule has 15 heavy (non-hydrogen) atoms. The minimum atomic E-state index is -4.12. The maximum absolute atomic E-state index is 11.2. The zero-order valence-electron chi connectivity index (χ0n) is 8.01. The first-order valence-electron chi connectivity index (χ1n) is 4.00. The van der Waals surface area contributed by atoms with Crippen LogP contribution in [0.1, 0.15) is 30.2 Å². The lowest BCUT2D eigenvalue weighted by atomic mass is 10.3. The average molecular weight is 253 g/mol. The maximum atomic E-state index is 11.2. The summed E-state index contributed by atoms with van der Waals surface area (Å²) in [4.78, 5) is 10.7. The SMILES string of the molecule is CC(C)n1ncc(C(=O)O)c1S(=O)(=O)Cl. The van der Waals surface area contributed by atoms with Crippen LogP contribution in [0.15, 0.2) is 11.2 Å². The van der Waals surface area contributed by atoms with E-state index >= 15 is 0 Å². The molecule has 0 aliphatic heterocycles. The van der Waals surface area contributed by atoms with E-state index in [1.165, 1.54) is 0 Å². The summed E-state index contributed by atoms with van der Waals surface area (Å²) in [6.07, 6.45) is 0.970. The zero-order chi connectivity index (χ0) is 11.8. The van der Waals surface area contributed by atoms with E-state index in [0.29, 0.717) is 0 Å². The second-order valence-electron chi connectivity index (χ2n) is 3.14. The molecule has 0 bridgehead atoms. The molecule has 0 aliphatic carbocycles. The van der Waals surface area contributed by atoms with Crippen molar-refractivity contribution in [3.63, 3.8) is 0 Å². The van der Waals surface area contributed by atoms with Crippen LogP contribution >= 0.6 is 10.7 Å². The Morgan fingerprint density at radius 2 is 2.13 bits per heavy atom. The topological polar surface area (TPSA) is 89.3 Å². The van der Waals surface area contributed by atoms with Gasteiger partial charge in [-0.2, -0.15) is 5.10 Å².